The molecule has 114 valence electrons. The lowest BCUT2D eigenvalue weighted by Gasteiger charge is -2.11. The van der Waals surface area contributed by atoms with Crippen LogP contribution in [-0.4, -0.2) is 36.7 Å². The van der Waals surface area contributed by atoms with Crippen molar-refractivity contribution in [2.45, 2.75) is 6.42 Å². The second-order valence-corrected chi connectivity index (χ2v) is 4.82. The Kier molecular flexibility index (Phi) is 5.58. The van der Waals surface area contributed by atoms with Crippen molar-refractivity contribution in [1.29, 1.82) is 0 Å². The summed E-state index contributed by atoms with van der Waals surface area (Å²) < 4.78 is 5.14. The zero-order chi connectivity index (χ0) is 15.9. The Hall–Kier alpha value is -2.31. The molecule has 2 aromatic carbocycles. The molecule has 0 aromatic heterocycles. The van der Waals surface area contributed by atoms with Gasteiger partial charge in [-0.25, -0.2) is 0 Å². The molecule has 0 aliphatic rings. The lowest BCUT2D eigenvalue weighted by molar-refractivity contribution is 0.0951. The summed E-state index contributed by atoms with van der Waals surface area (Å²) in [4.78, 5) is 12.2. The van der Waals surface area contributed by atoms with Gasteiger partial charge in [0.1, 0.15) is 5.75 Å². The smallest absolute Gasteiger partial charge is 0.488 e. The van der Waals surface area contributed by atoms with E-state index in [4.69, 9.17) is 14.8 Å². The van der Waals surface area contributed by atoms with Crippen molar-refractivity contribution >= 4 is 18.5 Å². The highest BCUT2D eigenvalue weighted by Gasteiger charge is 2.17. The molecule has 0 saturated carbocycles. The van der Waals surface area contributed by atoms with Gasteiger partial charge in [-0.2, -0.15) is 0 Å². The predicted octanol–water partition coefficient (Wildman–Crippen LogP) is 0.347. The summed E-state index contributed by atoms with van der Waals surface area (Å²) in [5.74, 6) is 0.0505. The molecule has 2 rings (SSSR count). The highest BCUT2D eigenvalue weighted by atomic mass is 16.5. The summed E-state index contributed by atoms with van der Waals surface area (Å²) >= 11 is 0. The maximum atomic E-state index is 12.2. The van der Waals surface area contributed by atoms with E-state index in [0.29, 0.717) is 17.9 Å². The van der Waals surface area contributed by atoms with Gasteiger partial charge in [-0.15, -0.1) is 0 Å². The monoisotopic (exact) mass is 299 g/mol. The molecule has 0 heterocycles. The van der Waals surface area contributed by atoms with E-state index in [1.165, 1.54) is 25.3 Å². The Bertz CT molecular complexity index is 631. The van der Waals surface area contributed by atoms with E-state index in [9.17, 15) is 4.79 Å². The molecule has 0 atom stereocenters. The third-order valence-corrected chi connectivity index (χ3v) is 3.31. The minimum atomic E-state index is -1.59. The van der Waals surface area contributed by atoms with Crippen molar-refractivity contribution < 1.29 is 19.6 Å². The van der Waals surface area contributed by atoms with Gasteiger partial charge in [0.05, 0.1) is 12.7 Å². The summed E-state index contributed by atoms with van der Waals surface area (Å²) in [5, 5.41) is 21.1. The quantitative estimate of drug-likeness (QED) is 0.672. The van der Waals surface area contributed by atoms with Crippen molar-refractivity contribution in [2.24, 2.45) is 0 Å². The van der Waals surface area contributed by atoms with Crippen LogP contribution in [0, 0.1) is 0 Å². The maximum absolute atomic E-state index is 12.2. The molecule has 0 aliphatic carbocycles. The fraction of sp³-hybridized carbons (Fsp3) is 0.188. The molecule has 22 heavy (non-hydrogen) atoms. The van der Waals surface area contributed by atoms with Gasteiger partial charge < -0.3 is 20.1 Å². The highest BCUT2D eigenvalue weighted by Crippen LogP contribution is 2.16. The van der Waals surface area contributed by atoms with Gasteiger partial charge in [0, 0.05) is 6.54 Å². The van der Waals surface area contributed by atoms with Gasteiger partial charge >= 0.3 is 7.12 Å². The molecular formula is C16H18BNO4. The van der Waals surface area contributed by atoms with E-state index >= 15 is 0 Å². The first-order valence-electron chi connectivity index (χ1n) is 6.98. The highest BCUT2D eigenvalue weighted by molar-refractivity contribution is 6.58. The minimum absolute atomic E-state index is 0.258. The lowest BCUT2D eigenvalue weighted by atomic mass is 9.80. The van der Waals surface area contributed by atoms with Crippen LogP contribution in [0.3, 0.4) is 0 Å². The topological polar surface area (TPSA) is 78.8 Å². The van der Waals surface area contributed by atoms with E-state index < -0.39 is 7.12 Å². The molecule has 0 spiro atoms. The van der Waals surface area contributed by atoms with E-state index in [2.05, 4.69) is 5.32 Å². The molecule has 0 radical (unpaired) electrons. The number of carbonyl (C=O) groups is 1. The first-order chi connectivity index (χ1) is 10.6. The number of rotatable bonds is 6. The van der Waals surface area contributed by atoms with Crippen LogP contribution in [0.2, 0.25) is 0 Å². The van der Waals surface area contributed by atoms with Crippen molar-refractivity contribution in [3.8, 4) is 5.75 Å². The number of hydrogen-bond acceptors (Lipinski definition) is 4. The van der Waals surface area contributed by atoms with E-state index in [-0.39, 0.29) is 11.4 Å². The molecule has 0 saturated heterocycles. The minimum Gasteiger partial charge on any atom is -0.496 e. The molecule has 2 aromatic rings. The van der Waals surface area contributed by atoms with Crippen molar-refractivity contribution in [3.05, 3.63) is 59.7 Å². The fourth-order valence-electron chi connectivity index (χ4n) is 2.12. The zero-order valence-electron chi connectivity index (χ0n) is 12.3. The van der Waals surface area contributed by atoms with Crippen LogP contribution in [0.25, 0.3) is 0 Å². The van der Waals surface area contributed by atoms with E-state index in [1.807, 2.05) is 30.3 Å². The maximum Gasteiger partial charge on any atom is 0.488 e. The Morgan fingerprint density at radius 1 is 1.18 bits per heavy atom. The number of ether oxygens (including phenoxy) is 1. The Morgan fingerprint density at radius 2 is 1.91 bits per heavy atom. The van der Waals surface area contributed by atoms with Gasteiger partial charge in [-0.05, 0) is 29.6 Å². The zero-order valence-corrected chi connectivity index (χ0v) is 12.3. The van der Waals surface area contributed by atoms with E-state index in [1.54, 1.807) is 0 Å². The Morgan fingerprint density at radius 3 is 2.55 bits per heavy atom. The molecule has 6 heteroatoms. The number of nitrogens with one attached hydrogen (secondary N) is 1. The Labute approximate surface area is 129 Å². The first kappa shape index (κ1) is 16.1. The van der Waals surface area contributed by atoms with Crippen LogP contribution >= 0.6 is 0 Å². The van der Waals surface area contributed by atoms with Gasteiger partial charge in [0.2, 0.25) is 0 Å². The van der Waals surface area contributed by atoms with Crippen LogP contribution < -0.4 is 15.5 Å². The van der Waals surface area contributed by atoms with Gasteiger partial charge in [-0.1, -0.05) is 36.4 Å². The molecule has 1 amide bonds. The SMILES string of the molecule is COc1cc(B(O)O)ccc1C(=O)NCCc1ccccc1. The molecule has 0 aliphatic heterocycles. The second-order valence-electron chi connectivity index (χ2n) is 4.82. The summed E-state index contributed by atoms with van der Waals surface area (Å²) in [5.41, 5.74) is 1.78. The van der Waals surface area contributed by atoms with Crippen molar-refractivity contribution in [1.82, 2.24) is 5.32 Å². The number of carbonyl (C=O) groups excluding carboxylic acids is 1. The van der Waals surface area contributed by atoms with Crippen LogP contribution in [0.1, 0.15) is 15.9 Å². The Balaban J connectivity index is 2.00. The standard InChI is InChI=1S/C16H18BNO4/c1-22-15-11-13(17(20)21)7-8-14(15)16(19)18-10-9-12-5-3-2-4-6-12/h2-8,11,20-21H,9-10H2,1H3,(H,18,19). The largest absolute Gasteiger partial charge is 0.496 e. The third kappa shape index (κ3) is 4.10. The average molecular weight is 299 g/mol. The summed E-state index contributed by atoms with van der Waals surface area (Å²) in [7, 11) is -0.159. The normalized spacial score (nSPS) is 10.1. The molecule has 3 N–H and O–H groups in total. The average Bonchev–Trinajstić information content (AvgIpc) is 2.55. The molecule has 5 nitrogen and oxygen atoms in total. The number of amides is 1. The van der Waals surface area contributed by atoms with Crippen LogP contribution in [-0.2, 0) is 6.42 Å². The van der Waals surface area contributed by atoms with Crippen molar-refractivity contribution in [3.63, 3.8) is 0 Å². The second kappa shape index (κ2) is 7.63. The lowest BCUT2D eigenvalue weighted by Crippen LogP contribution is -2.31. The molecule has 0 fully saturated rings. The van der Waals surface area contributed by atoms with Crippen molar-refractivity contribution in [2.75, 3.05) is 13.7 Å². The summed E-state index contributed by atoms with van der Waals surface area (Å²) in [6.07, 6.45) is 0.738. The number of hydrogen-bond donors (Lipinski definition) is 3. The van der Waals surface area contributed by atoms with Gasteiger partial charge in [0.15, 0.2) is 0 Å². The number of benzene rings is 2. The van der Waals surface area contributed by atoms with Gasteiger partial charge in [0.25, 0.3) is 5.91 Å². The van der Waals surface area contributed by atoms with Gasteiger partial charge in [-0.3, -0.25) is 4.79 Å². The fourth-order valence-corrected chi connectivity index (χ4v) is 2.12. The van der Waals surface area contributed by atoms with E-state index in [0.717, 1.165) is 12.0 Å². The van der Waals surface area contributed by atoms with Crippen LogP contribution in [0.15, 0.2) is 48.5 Å². The third-order valence-electron chi connectivity index (χ3n) is 3.31. The molecule has 0 bridgehead atoms. The molecular weight excluding hydrogens is 281 g/mol. The van der Waals surface area contributed by atoms with Crippen LogP contribution in [0.5, 0.6) is 5.75 Å². The molecule has 0 unspecified atom stereocenters. The van der Waals surface area contributed by atoms with Crippen LogP contribution in [0.4, 0.5) is 0 Å². The first-order valence-corrected chi connectivity index (χ1v) is 6.98. The summed E-state index contributed by atoms with van der Waals surface area (Å²) in [6.45, 7) is 0.510. The predicted molar refractivity (Wildman–Crippen MR) is 85.3 cm³/mol. The number of methoxy groups -OCH3 is 1. The summed E-state index contributed by atoms with van der Waals surface area (Å²) in [6, 6.07) is 14.3.